The van der Waals surface area contributed by atoms with E-state index in [9.17, 15) is 0 Å². The van der Waals surface area contributed by atoms with Crippen molar-refractivity contribution in [2.45, 2.75) is 71.4 Å². The third-order valence-electron chi connectivity index (χ3n) is 4.23. The van der Waals surface area contributed by atoms with Gasteiger partial charge in [-0.1, -0.05) is 0 Å². The summed E-state index contributed by atoms with van der Waals surface area (Å²) < 4.78 is 31.2. The van der Waals surface area contributed by atoms with Crippen molar-refractivity contribution >= 4 is 8.30 Å². The van der Waals surface area contributed by atoms with Crippen LogP contribution in [0.1, 0.15) is 41.0 Å². The van der Waals surface area contributed by atoms with Crippen molar-refractivity contribution in [1.82, 2.24) is 4.67 Å². The molecule has 1 rings (SSSR count). The molecule has 0 saturated carbocycles. The molecule has 1 fully saturated rings. The molecule has 0 aromatic carbocycles. The van der Waals surface area contributed by atoms with Gasteiger partial charge in [-0.3, -0.25) is 4.67 Å². The summed E-state index contributed by atoms with van der Waals surface area (Å²) in [4.78, 5) is 0. The van der Waals surface area contributed by atoms with Crippen molar-refractivity contribution in [2.75, 3.05) is 46.8 Å². The molecule has 0 aromatic rings. The fraction of sp³-hybridized carbons (Fsp3) is 1.00. The van der Waals surface area contributed by atoms with E-state index >= 15 is 0 Å². The highest BCUT2D eigenvalue weighted by molar-refractivity contribution is 7.50. The zero-order valence-electron chi connectivity index (χ0n) is 17.1. The van der Waals surface area contributed by atoms with E-state index in [1.54, 1.807) is 14.2 Å². The van der Waals surface area contributed by atoms with Crippen molar-refractivity contribution in [2.24, 2.45) is 0 Å². The molecular formula is C18H38NO5P. The molecule has 0 radical (unpaired) electrons. The molecule has 150 valence electrons. The first-order valence-electron chi connectivity index (χ1n) is 9.36. The molecule has 1 unspecified atom stereocenters. The Morgan fingerprint density at radius 3 is 2.24 bits per heavy atom. The lowest BCUT2D eigenvalue weighted by Gasteiger charge is -2.39. The fourth-order valence-electron chi connectivity index (χ4n) is 3.14. The summed E-state index contributed by atoms with van der Waals surface area (Å²) in [5.41, 5.74) is 0. The van der Waals surface area contributed by atoms with E-state index in [0.29, 0.717) is 31.9 Å². The van der Waals surface area contributed by atoms with Crippen molar-refractivity contribution < 1.29 is 23.5 Å². The quantitative estimate of drug-likeness (QED) is 0.362. The molecule has 1 heterocycles. The Morgan fingerprint density at radius 1 is 1.04 bits per heavy atom. The number of ether oxygens (including phenoxy) is 4. The Labute approximate surface area is 155 Å². The molecule has 0 spiro atoms. The van der Waals surface area contributed by atoms with Gasteiger partial charge in [-0.15, -0.1) is 0 Å². The van der Waals surface area contributed by atoms with Crippen LogP contribution < -0.4 is 0 Å². The second kappa shape index (κ2) is 12.6. The maximum Gasteiger partial charge on any atom is 0.118 e. The lowest BCUT2D eigenvalue weighted by Crippen LogP contribution is -2.39. The summed E-state index contributed by atoms with van der Waals surface area (Å²) in [5, 5.41) is 0. The zero-order chi connectivity index (χ0) is 18.8. The van der Waals surface area contributed by atoms with Gasteiger partial charge in [-0.25, -0.2) is 0 Å². The van der Waals surface area contributed by atoms with E-state index in [0.717, 1.165) is 19.2 Å². The smallest absolute Gasteiger partial charge is 0.118 e. The molecule has 0 aliphatic carbocycles. The predicted molar refractivity (Wildman–Crippen MR) is 102 cm³/mol. The molecule has 1 aliphatic rings. The average molecular weight is 379 g/mol. The molecule has 0 amide bonds. The van der Waals surface area contributed by atoms with Gasteiger partial charge in [0.15, 0.2) is 0 Å². The Morgan fingerprint density at radius 2 is 1.68 bits per heavy atom. The fourth-order valence-corrected chi connectivity index (χ4v) is 5.60. The van der Waals surface area contributed by atoms with Crippen LogP contribution in [0, 0.1) is 0 Å². The van der Waals surface area contributed by atoms with Gasteiger partial charge in [0.1, 0.15) is 20.5 Å². The van der Waals surface area contributed by atoms with E-state index in [1.165, 1.54) is 0 Å². The highest BCUT2D eigenvalue weighted by Crippen LogP contribution is 2.48. The first-order chi connectivity index (χ1) is 11.9. The average Bonchev–Trinajstić information content (AvgIpc) is 2.88. The van der Waals surface area contributed by atoms with Crippen LogP contribution in [0.5, 0.6) is 0 Å². The molecule has 0 aromatic heterocycles. The monoisotopic (exact) mass is 379 g/mol. The van der Waals surface area contributed by atoms with Gasteiger partial charge < -0.3 is 23.5 Å². The summed E-state index contributed by atoms with van der Waals surface area (Å²) in [6.45, 7) is 13.5. The van der Waals surface area contributed by atoms with Crippen LogP contribution in [0.15, 0.2) is 0 Å². The highest BCUT2D eigenvalue weighted by atomic mass is 31.2. The van der Waals surface area contributed by atoms with Gasteiger partial charge in [0.25, 0.3) is 0 Å². The highest BCUT2D eigenvalue weighted by Gasteiger charge is 2.39. The Hall–Kier alpha value is 0.190. The summed E-state index contributed by atoms with van der Waals surface area (Å²) in [6, 6.07) is 0.860. The second-order valence-electron chi connectivity index (χ2n) is 7.00. The first-order valence-corrected chi connectivity index (χ1v) is 10.8. The summed E-state index contributed by atoms with van der Waals surface area (Å²) in [6.07, 6.45) is 1.97. The maximum atomic E-state index is 6.64. The summed E-state index contributed by atoms with van der Waals surface area (Å²) >= 11 is 0. The van der Waals surface area contributed by atoms with Crippen molar-refractivity contribution in [3.05, 3.63) is 0 Å². The Balaban J connectivity index is 2.78. The molecular weight excluding hydrogens is 341 g/mol. The normalized spacial score (nSPS) is 25.4. The number of rotatable bonds is 13. The van der Waals surface area contributed by atoms with E-state index in [2.05, 4.69) is 39.3 Å². The standard InChI is InChI=1S/C18H38NO5P/c1-14(2)19(15(3)4)25(12-8-9-20-6)24-18-16(5)23-13-17(18)22-11-10-21-7/h14-18H,8-13H2,1-7H3/t16-,17+,18-,25?/m1/s1. The molecule has 0 N–H and O–H groups in total. The molecule has 1 aliphatic heterocycles. The van der Waals surface area contributed by atoms with Crippen LogP contribution in [0.25, 0.3) is 0 Å². The molecule has 0 bridgehead atoms. The summed E-state index contributed by atoms with van der Waals surface area (Å²) in [5.74, 6) is 0. The first kappa shape index (κ1) is 23.2. The largest absolute Gasteiger partial charge is 0.385 e. The van der Waals surface area contributed by atoms with E-state index in [-0.39, 0.29) is 18.3 Å². The van der Waals surface area contributed by atoms with Gasteiger partial charge in [0.05, 0.1) is 25.9 Å². The minimum Gasteiger partial charge on any atom is -0.385 e. The van der Waals surface area contributed by atoms with Crippen molar-refractivity contribution in [1.29, 1.82) is 0 Å². The van der Waals surface area contributed by atoms with Crippen LogP contribution in [0.4, 0.5) is 0 Å². The van der Waals surface area contributed by atoms with E-state index in [1.807, 2.05) is 0 Å². The number of nitrogens with zero attached hydrogens (tertiary/aromatic N) is 1. The van der Waals surface area contributed by atoms with Crippen molar-refractivity contribution in [3.63, 3.8) is 0 Å². The van der Waals surface area contributed by atoms with Gasteiger partial charge in [-0.2, -0.15) is 0 Å². The molecule has 25 heavy (non-hydrogen) atoms. The van der Waals surface area contributed by atoms with Gasteiger partial charge >= 0.3 is 0 Å². The number of methoxy groups -OCH3 is 2. The molecule has 7 heteroatoms. The van der Waals surface area contributed by atoms with Crippen LogP contribution in [-0.2, 0) is 23.5 Å². The SMILES string of the molecule is COCCCP(O[C@H]1[C@@H](OCCOC)CO[C@@H]1C)N(C(C)C)C(C)C. The van der Waals surface area contributed by atoms with Crippen LogP contribution >= 0.6 is 8.30 Å². The Kier molecular flexibility index (Phi) is 11.7. The van der Waals surface area contributed by atoms with E-state index < -0.39 is 8.30 Å². The predicted octanol–water partition coefficient (Wildman–Crippen LogP) is 3.29. The molecule has 4 atom stereocenters. The minimum absolute atomic E-state index is 0.0289. The molecule has 1 saturated heterocycles. The van der Waals surface area contributed by atoms with Gasteiger partial charge in [0, 0.05) is 39.1 Å². The lowest BCUT2D eigenvalue weighted by atomic mass is 10.2. The topological polar surface area (TPSA) is 49.4 Å². The lowest BCUT2D eigenvalue weighted by molar-refractivity contribution is -0.0232. The third-order valence-corrected chi connectivity index (χ3v) is 6.85. The van der Waals surface area contributed by atoms with Gasteiger partial charge in [-0.05, 0) is 41.0 Å². The summed E-state index contributed by atoms with van der Waals surface area (Å²) in [7, 11) is 2.70. The third kappa shape index (κ3) is 7.76. The minimum atomic E-state index is -0.735. The molecule has 6 nitrogen and oxygen atoms in total. The number of hydrogen-bond acceptors (Lipinski definition) is 6. The number of hydrogen-bond donors (Lipinski definition) is 0. The maximum absolute atomic E-state index is 6.64. The van der Waals surface area contributed by atoms with Crippen LogP contribution in [0.2, 0.25) is 0 Å². The van der Waals surface area contributed by atoms with Gasteiger partial charge in [0.2, 0.25) is 0 Å². The zero-order valence-corrected chi connectivity index (χ0v) is 18.0. The van der Waals surface area contributed by atoms with Crippen LogP contribution in [0.3, 0.4) is 0 Å². The van der Waals surface area contributed by atoms with Crippen molar-refractivity contribution in [3.8, 4) is 0 Å². The van der Waals surface area contributed by atoms with E-state index in [4.69, 9.17) is 23.5 Å². The Bertz CT molecular complexity index is 337. The van der Waals surface area contributed by atoms with Crippen LogP contribution in [-0.4, -0.2) is 81.9 Å². The second-order valence-corrected chi connectivity index (χ2v) is 8.82.